The lowest BCUT2D eigenvalue weighted by atomic mass is 9.75. The van der Waals surface area contributed by atoms with E-state index in [2.05, 4.69) is 81.0 Å². The third kappa shape index (κ3) is 5.97. The van der Waals surface area contributed by atoms with Gasteiger partial charge in [0.1, 0.15) is 0 Å². The van der Waals surface area contributed by atoms with Crippen molar-refractivity contribution in [1.82, 2.24) is 0 Å². The van der Waals surface area contributed by atoms with E-state index in [0.717, 1.165) is 0 Å². The maximum absolute atomic E-state index is 2.41. The molecule has 1 aliphatic heterocycles. The first-order valence-corrected chi connectivity index (χ1v) is 11.0. The Morgan fingerprint density at radius 1 is 0.667 bits per heavy atom. The molecule has 0 aromatic carbocycles. The molecule has 1 heteroatoms. The molecule has 0 aromatic heterocycles. The van der Waals surface area contributed by atoms with Gasteiger partial charge in [0.15, 0.2) is 0 Å². The van der Waals surface area contributed by atoms with Gasteiger partial charge in [-0.15, -0.1) is 0 Å². The Labute approximate surface area is 158 Å². The molecule has 0 aromatic rings. The molecule has 0 amide bonds. The van der Waals surface area contributed by atoms with Crippen LogP contribution < -0.4 is 0 Å². The fourth-order valence-corrected chi connectivity index (χ4v) is 5.30. The van der Waals surface area contributed by atoms with Crippen LogP contribution in [0.1, 0.15) is 89.5 Å². The van der Waals surface area contributed by atoms with E-state index in [0.29, 0.717) is 35.5 Å². The second-order valence-corrected chi connectivity index (χ2v) is 9.57. The molecule has 0 spiro atoms. The predicted molar refractivity (Wildman–Crippen MR) is 115 cm³/mol. The van der Waals surface area contributed by atoms with Crippen LogP contribution >= 0.6 is 11.8 Å². The van der Waals surface area contributed by atoms with Gasteiger partial charge in [0.05, 0.1) is 0 Å². The van der Waals surface area contributed by atoms with Gasteiger partial charge in [-0.2, -0.15) is 0 Å². The lowest BCUT2D eigenvalue weighted by molar-refractivity contribution is 0.393. The first kappa shape index (κ1) is 23.8. The van der Waals surface area contributed by atoms with E-state index in [1.165, 1.54) is 6.42 Å². The van der Waals surface area contributed by atoms with Crippen LogP contribution in [0.2, 0.25) is 0 Å². The van der Waals surface area contributed by atoms with E-state index in [1.807, 2.05) is 13.8 Å². The number of thioether (sulfide) groups is 1. The molecule has 0 saturated heterocycles. The number of rotatable bonds is 5. The molecule has 0 fully saturated rings. The summed E-state index contributed by atoms with van der Waals surface area (Å²) in [5, 5.41) is 0. The van der Waals surface area contributed by atoms with Gasteiger partial charge in [-0.1, -0.05) is 106 Å². The van der Waals surface area contributed by atoms with Crippen molar-refractivity contribution in [2.75, 3.05) is 0 Å². The Kier molecular flexibility index (Phi) is 10.7. The molecule has 0 N–H and O–H groups in total. The standard InChI is InChI=1S/C21H38S.C2H6/c1-12(2)17-11-18(13(3)4)20(15(7)8)22-21(16(9)10)19(17)14(5)6;1-2/h12-17H,11H2,1-10H3;1-2H3. The minimum atomic E-state index is 0.629. The van der Waals surface area contributed by atoms with E-state index in [-0.39, 0.29) is 0 Å². The topological polar surface area (TPSA) is 0 Å². The zero-order valence-electron chi connectivity index (χ0n) is 18.6. The summed E-state index contributed by atoms with van der Waals surface area (Å²) in [6.07, 6.45) is 1.26. The lowest BCUT2D eigenvalue weighted by Gasteiger charge is -2.30. The summed E-state index contributed by atoms with van der Waals surface area (Å²) in [5.74, 6) is 3.99. The van der Waals surface area contributed by atoms with Gasteiger partial charge in [0.2, 0.25) is 0 Å². The minimum absolute atomic E-state index is 0.629. The molecule has 24 heavy (non-hydrogen) atoms. The van der Waals surface area contributed by atoms with E-state index >= 15 is 0 Å². The van der Waals surface area contributed by atoms with Crippen molar-refractivity contribution < 1.29 is 0 Å². The van der Waals surface area contributed by atoms with Gasteiger partial charge in [-0.25, -0.2) is 0 Å². The number of hydrogen-bond acceptors (Lipinski definition) is 1. The molecular weight excluding hydrogens is 308 g/mol. The monoisotopic (exact) mass is 352 g/mol. The van der Waals surface area contributed by atoms with Crippen molar-refractivity contribution in [3.05, 3.63) is 21.0 Å². The SMILES string of the molecule is CC.CC(C)C1=C(C(C)C)SC(C(C)C)=C(C(C)C)C(C(C)C)C1. The number of hydrogen-bond donors (Lipinski definition) is 0. The average Bonchev–Trinajstić information content (AvgIpc) is 2.66. The quantitative estimate of drug-likeness (QED) is 0.477. The molecule has 0 bridgehead atoms. The highest BCUT2D eigenvalue weighted by atomic mass is 32.2. The number of allylic oxidation sites excluding steroid dienone is 4. The van der Waals surface area contributed by atoms with Crippen LogP contribution in [0.25, 0.3) is 0 Å². The van der Waals surface area contributed by atoms with E-state index in [9.17, 15) is 0 Å². The molecule has 0 aliphatic carbocycles. The van der Waals surface area contributed by atoms with E-state index in [4.69, 9.17) is 0 Å². The highest BCUT2D eigenvalue weighted by Crippen LogP contribution is 2.50. The Balaban J connectivity index is 0.00000254. The van der Waals surface area contributed by atoms with Crippen molar-refractivity contribution in [3.63, 3.8) is 0 Å². The molecule has 0 radical (unpaired) electrons. The Morgan fingerprint density at radius 3 is 1.42 bits per heavy atom. The Morgan fingerprint density at radius 2 is 1.12 bits per heavy atom. The van der Waals surface area contributed by atoms with Gasteiger partial charge < -0.3 is 0 Å². The lowest BCUT2D eigenvalue weighted by Crippen LogP contribution is -2.19. The summed E-state index contributed by atoms with van der Waals surface area (Å²) < 4.78 is 0. The zero-order chi connectivity index (χ0) is 19.2. The second-order valence-electron chi connectivity index (χ2n) is 8.48. The summed E-state index contributed by atoms with van der Waals surface area (Å²) in [7, 11) is 0. The van der Waals surface area contributed by atoms with Gasteiger partial charge in [0, 0.05) is 0 Å². The van der Waals surface area contributed by atoms with Crippen molar-refractivity contribution in [2.45, 2.75) is 89.5 Å². The average molecular weight is 353 g/mol. The third-order valence-electron chi connectivity index (χ3n) is 4.83. The highest BCUT2D eigenvalue weighted by Gasteiger charge is 2.32. The predicted octanol–water partition coefficient (Wildman–Crippen LogP) is 8.55. The maximum Gasteiger partial charge on any atom is -0.00824 e. The fourth-order valence-electron chi connectivity index (χ4n) is 3.64. The van der Waals surface area contributed by atoms with Crippen molar-refractivity contribution in [3.8, 4) is 0 Å². The fraction of sp³-hybridized carbons (Fsp3) is 0.826. The summed E-state index contributed by atoms with van der Waals surface area (Å²) >= 11 is 2.12. The first-order chi connectivity index (χ1) is 11.1. The van der Waals surface area contributed by atoms with Gasteiger partial charge in [-0.05, 0) is 51.7 Å². The molecule has 1 aliphatic rings. The van der Waals surface area contributed by atoms with E-state index in [1.54, 1.807) is 21.0 Å². The van der Waals surface area contributed by atoms with Crippen LogP contribution in [0.15, 0.2) is 21.0 Å². The third-order valence-corrected chi connectivity index (χ3v) is 6.71. The molecule has 0 saturated carbocycles. The summed E-state index contributed by atoms with van der Waals surface area (Å²) in [6.45, 7) is 27.9. The van der Waals surface area contributed by atoms with Crippen molar-refractivity contribution >= 4 is 11.8 Å². The van der Waals surface area contributed by atoms with Crippen LogP contribution in [0.3, 0.4) is 0 Å². The summed E-state index contributed by atoms with van der Waals surface area (Å²) in [6, 6.07) is 0. The second kappa shape index (κ2) is 10.7. The molecule has 1 rings (SSSR count). The summed E-state index contributed by atoms with van der Waals surface area (Å²) in [5.41, 5.74) is 3.45. The van der Waals surface area contributed by atoms with Crippen LogP contribution in [-0.4, -0.2) is 0 Å². The van der Waals surface area contributed by atoms with Crippen molar-refractivity contribution in [2.24, 2.45) is 35.5 Å². The Bertz CT molecular complexity index is 433. The van der Waals surface area contributed by atoms with Gasteiger partial charge in [-0.3, -0.25) is 0 Å². The molecule has 1 unspecified atom stereocenters. The van der Waals surface area contributed by atoms with Crippen LogP contribution in [0, 0.1) is 35.5 Å². The zero-order valence-corrected chi connectivity index (χ0v) is 19.4. The Hall–Kier alpha value is -0.170. The van der Waals surface area contributed by atoms with Crippen LogP contribution in [0.4, 0.5) is 0 Å². The minimum Gasteiger partial charge on any atom is -0.0985 e. The van der Waals surface area contributed by atoms with Crippen molar-refractivity contribution in [1.29, 1.82) is 0 Å². The largest absolute Gasteiger partial charge is 0.0985 e. The first-order valence-electron chi connectivity index (χ1n) is 10.2. The highest BCUT2D eigenvalue weighted by molar-refractivity contribution is 8.06. The molecule has 0 nitrogen and oxygen atoms in total. The van der Waals surface area contributed by atoms with Gasteiger partial charge >= 0.3 is 0 Å². The normalized spacial score (nSPS) is 19.6. The summed E-state index contributed by atoms with van der Waals surface area (Å²) in [4.78, 5) is 3.31. The van der Waals surface area contributed by atoms with Crippen LogP contribution in [0.5, 0.6) is 0 Å². The van der Waals surface area contributed by atoms with Gasteiger partial charge in [0.25, 0.3) is 0 Å². The van der Waals surface area contributed by atoms with Crippen LogP contribution in [-0.2, 0) is 0 Å². The molecule has 142 valence electrons. The molecule has 1 heterocycles. The maximum atomic E-state index is 2.41. The smallest absolute Gasteiger partial charge is 0.00824 e. The molecule has 1 atom stereocenters. The van der Waals surface area contributed by atoms with E-state index < -0.39 is 0 Å². The molecular formula is C23H44S.